The molecular weight excluding hydrogens is 326 g/mol. The highest BCUT2D eigenvalue weighted by atomic mass is 32.1. The number of benzene rings is 1. The van der Waals surface area contributed by atoms with E-state index in [0.717, 1.165) is 4.88 Å². The minimum atomic E-state index is -0.551. The average Bonchev–Trinajstić information content (AvgIpc) is 3.11. The van der Waals surface area contributed by atoms with Crippen molar-refractivity contribution < 1.29 is 19.4 Å². The molecule has 0 aliphatic rings. The number of aliphatic hydroxyl groups is 1. The Morgan fingerprint density at radius 2 is 1.96 bits per heavy atom. The van der Waals surface area contributed by atoms with Crippen LogP contribution in [-0.4, -0.2) is 30.8 Å². The quantitative estimate of drug-likeness (QED) is 0.728. The molecule has 0 aliphatic carbocycles. The summed E-state index contributed by atoms with van der Waals surface area (Å²) < 4.78 is 11.0. The van der Waals surface area contributed by atoms with Crippen molar-refractivity contribution in [2.45, 2.75) is 26.4 Å². The van der Waals surface area contributed by atoms with E-state index in [1.807, 2.05) is 31.4 Å². The molecule has 1 aromatic carbocycles. The lowest BCUT2D eigenvalue weighted by Crippen LogP contribution is -2.25. The maximum absolute atomic E-state index is 12.3. The van der Waals surface area contributed by atoms with E-state index in [4.69, 9.17) is 9.47 Å². The van der Waals surface area contributed by atoms with Crippen molar-refractivity contribution in [2.24, 2.45) is 0 Å². The Hall–Kier alpha value is -2.05. The Kier molecular flexibility index (Phi) is 7.08. The van der Waals surface area contributed by atoms with E-state index >= 15 is 0 Å². The molecule has 0 saturated heterocycles. The Balaban J connectivity index is 1.92. The zero-order chi connectivity index (χ0) is 17.4. The van der Waals surface area contributed by atoms with Gasteiger partial charge in [-0.3, -0.25) is 4.79 Å². The fourth-order valence-electron chi connectivity index (χ4n) is 2.24. The molecule has 2 aromatic rings. The van der Waals surface area contributed by atoms with Crippen LogP contribution in [0.2, 0.25) is 0 Å². The predicted octanol–water partition coefficient (Wildman–Crippen LogP) is 3.40. The first-order valence-corrected chi connectivity index (χ1v) is 8.93. The van der Waals surface area contributed by atoms with Crippen molar-refractivity contribution in [3.05, 3.63) is 46.2 Å². The lowest BCUT2D eigenvalue weighted by Gasteiger charge is -2.13. The SMILES string of the molecule is CCOc1ccc(C(=O)NCCC(O)c2cccs2)cc1OCC. The van der Waals surface area contributed by atoms with Gasteiger partial charge in [0, 0.05) is 17.0 Å². The summed E-state index contributed by atoms with van der Waals surface area (Å²) in [4.78, 5) is 13.2. The second-order valence-corrected chi connectivity index (χ2v) is 6.08. The molecule has 1 atom stereocenters. The Bertz CT molecular complexity index is 642. The first-order valence-electron chi connectivity index (χ1n) is 8.05. The number of thiophene rings is 1. The summed E-state index contributed by atoms with van der Waals surface area (Å²) in [5, 5.41) is 14.8. The molecule has 6 heteroatoms. The zero-order valence-electron chi connectivity index (χ0n) is 14.0. The number of hydrogen-bond acceptors (Lipinski definition) is 5. The van der Waals surface area contributed by atoms with E-state index in [9.17, 15) is 9.90 Å². The highest BCUT2D eigenvalue weighted by molar-refractivity contribution is 7.10. The van der Waals surface area contributed by atoms with E-state index < -0.39 is 6.10 Å². The van der Waals surface area contributed by atoms with Gasteiger partial charge in [0.2, 0.25) is 0 Å². The second-order valence-electron chi connectivity index (χ2n) is 5.10. The van der Waals surface area contributed by atoms with Gasteiger partial charge in [0.1, 0.15) is 0 Å². The van der Waals surface area contributed by atoms with Crippen LogP contribution in [0.4, 0.5) is 0 Å². The van der Waals surface area contributed by atoms with Crippen LogP contribution in [0.1, 0.15) is 41.6 Å². The lowest BCUT2D eigenvalue weighted by atomic mass is 10.1. The monoisotopic (exact) mass is 349 g/mol. The molecule has 0 bridgehead atoms. The highest BCUT2D eigenvalue weighted by Crippen LogP contribution is 2.28. The van der Waals surface area contributed by atoms with Crippen molar-refractivity contribution in [2.75, 3.05) is 19.8 Å². The molecule has 1 unspecified atom stereocenters. The summed E-state index contributed by atoms with van der Waals surface area (Å²) in [5.41, 5.74) is 0.507. The minimum absolute atomic E-state index is 0.197. The van der Waals surface area contributed by atoms with Crippen molar-refractivity contribution in [1.29, 1.82) is 0 Å². The van der Waals surface area contributed by atoms with Crippen LogP contribution in [0, 0.1) is 0 Å². The Morgan fingerprint density at radius 1 is 1.21 bits per heavy atom. The normalized spacial score (nSPS) is 11.8. The maximum atomic E-state index is 12.3. The van der Waals surface area contributed by atoms with Crippen LogP contribution in [0.15, 0.2) is 35.7 Å². The zero-order valence-corrected chi connectivity index (χ0v) is 14.8. The first-order chi connectivity index (χ1) is 11.7. The van der Waals surface area contributed by atoms with Gasteiger partial charge in [0.25, 0.3) is 5.91 Å². The molecule has 0 saturated carbocycles. The largest absolute Gasteiger partial charge is 0.490 e. The van der Waals surface area contributed by atoms with E-state index in [0.29, 0.717) is 43.2 Å². The van der Waals surface area contributed by atoms with Gasteiger partial charge in [-0.15, -0.1) is 11.3 Å². The van der Waals surface area contributed by atoms with Gasteiger partial charge in [-0.25, -0.2) is 0 Å². The number of amides is 1. The van der Waals surface area contributed by atoms with E-state index in [1.54, 1.807) is 18.2 Å². The Morgan fingerprint density at radius 3 is 2.62 bits per heavy atom. The summed E-state index contributed by atoms with van der Waals surface area (Å²) in [6, 6.07) is 8.91. The van der Waals surface area contributed by atoms with Crippen molar-refractivity contribution in [1.82, 2.24) is 5.32 Å². The van der Waals surface area contributed by atoms with Gasteiger partial charge in [-0.05, 0) is 49.9 Å². The molecular formula is C18H23NO4S. The molecule has 2 rings (SSSR count). The van der Waals surface area contributed by atoms with Crippen LogP contribution in [-0.2, 0) is 0 Å². The molecule has 130 valence electrons. The summed E-state index contributed by atoms with van der Waals surface area (Å²) in [6.07, 6.45) is -0.0775. The van der Waals surface area contributed by atoms with E-state index in [2.05, 4.69) is 5.32 Å². The maximum Gasteiger partial charge on any atom is 0.251 e. The smallest absolute Gasteiger partial charge is 0.251 e. The molecule has 5 nitrogen and oxygen atoms in total. The molecule has 0 fully saturated rings. The summed E-state index contributed by atoms with van der Waals surface area (Å²) in [5.74, 6) is 0.993. The number of carbonyl (C=O) groups excluding carboxylic acids is 1. The molecule has 1 amide bonds. The molecule has 0 aliphatic heterocycles. The number of rotatable bonds is 9. The highest BCUT2D eigenvalue weighted by Gasteiger charge is 2.13. The van der Waals surface area contributed by atoms with Gasteiger partial charge < -0.3 is 19.9 Å². The predicted molar refractivity (Wildman–Crippen MR) is 95.0 cm³/mol. The molecule has 2 N–H and O–H groups in total. The molecule has 24 heavy (non-hydrogen) atoms. The molecule has 0 radical (unpaired) electrons. The molecule has 1 heterocycles. The molecule has 0 spiro atoms. The molecule has 1 aromatic heterocycles. The number of aliphatic hydroxyl groups excluding tert-OH is 1. The first kappa shape index (κ1) is 18.3. The summed E-state index contributed by atoms with van der Waals surface area (Å²) >= 11 is 1.51. The summed E-state index contributed by atoms with van der Waals surface area (Å²) in [6.45, 7) is 5.21. The van der Waals surface area contributed by atoms with Crippen LogP contribution in [0.25, 0.3) is 0 Å². The average molecular weight is 349 g/mol. The van der Waals surface area contributed by atoms with E-state index in [1.165, 1.54) is 11.3 Å². The van der Waals surface area contributed by atoms with Crippen molar-refractivity contribution >= 4 is 17.2 Å². The third-order valence-corrected chi connectivity index (χ3v) is 4.35. The van der Waals surface area contributed by atoms with E-state index in [-0.39, 0.29) is 5.91 Å². The number of ether oxygens (including phenoxy) is 2. The van der Waals surface area contributed by atoms with Gasteiger partial charge in [-0.2, -0.15) is 0 Å². The minimum Gasteiger partial charge on any atom is -0.490 e. The third kappa shape index (κ3) is 4.97. The number of nitrogens with one attached hydrogen (secondary N) is 1. The topological polar surface area (TPSA) is 67.8 Å². The fraction of sp³-hybridized carbons (Fsp3) is 0.389. The van der Waals surface area contributed by atoms with Crippen LogP contribution in [0.3, 0.4) is 0 Å². The van der Waals surface area contributed by atoms with Crippen molar-refractivity contribution in [3.63, 3.8) is 0 Å². The van der Waals surface area contributed by atoms with Crippen molar-refractivity contribution in [3.8, 4) is 11.5 Å². The van der Waals surface area contributed by atoms with Gasteiger partial charge in [0.15, 0.2) is 11.5 Å². The van der Waals surface area contributed by atoms with Crippen LogP contribution in [0.5, 0.6) is 11.5 Å². The summed E-state index contributed by atoms with van der Waals surface area (Å²) in [7, 11) is 0. The van der Waals surface area contributed by atoms with Crippen LogP contribution < -0.4 is 14.8 Å². The van der Waals surface area contributed by atoms with Gasteiger partial charge >= 0.3 is 0 Å². The Labute approximate surface area is 146 Å². The fourth-order valence-corrected chi connectivity index (χ4v) is 2.99. The number of carbonyl (C=O) groups is 1. The van der Waals surface area contributed by atoms with Gasteiger partial charge in [0.05, 0.1) is 19.3 Å². The second kappa shape index (κ2) is 9.30. The third-order valence-electron chi connectivity index (χ3n) is 3.38. The number of hydrogen-bond donors (Lipinski definition) is 2. The standard InChI is InChI=1S/C18H23NO4S/c1-3-22-15-8-7-13(12-16(15)23-4-2)18(21)19-10-9-14(20)17-6-5-11-24-17/h5-8,11-12,14,20H,3-4,9-10H2,1-2H3,(H,19,21). The van der Waals surface area contributed by atoms with Crippen LogP contribution >= 0.6 is 11.3 Å². The lowest BCUT2D eigenvalue weighted by molar-refractivity contribution is 0.0942. The van der Waals surface area contributed by atoms with Gasteiger partial charge in [-0.1, -0.05) is 6.07 Å².